The van der Waals surface area contributed by atoms with E-state index in [1.165, 1.54) is 0 Å². The van der Waals surface area contributed by atoms with E-state index in [0.717, 1.165) is 16.9 Å². The largest absolute Gasteiger partial charge is 0.497 e. The Morgan fingerprint density at radius 1 is 1.00 bits per heavy atom. The highest BCUT2D eigenvalue weighted by Gasteiger charge is 2.14. The van der Waals surface area contributed by atoms with Crippen LogP contribution < -0.4 is 20.7 Å². The van der Waals surface area contributed by atoms with Crippen molar-refractivity contribution in [2.24, 2.45) is 7.05 Å². The molecule has 10 heteroatoms. The molecule has 1 amide bonds. The van der Waals surface area contributed by atoms with Gasteiger partial charge in [0.15, 0.2) is 5.82 Å². The van der Waals surface area contributed by atoms with Crippen molar-refractivity contribution in [1.82, 2.24) is 30.3 Å². The Balaban J connectivity index is 1.26. The zero-order chi connectivity index (χ0) is 23.9. The van der Waals surface area contributed by atoms with Crippen molar-refractivity contribution in [3.8, 4) is 17.0 Å². The van der Waals surface area contributed by atoms with E-state index in [2.05, 4.69) is 36.2 Å². The summed E-state index contributed by atoms with van der Waals surface area (Å²) in [7, 11) is 3.36. The minimum absolute atomic E-state index is 0.206. The zero-order valence-electron chi connectivity index (χ0n) is 19.2. The molecule has 10 nitrogen and oxygen atoms in total. The van der Waals surface area contributed by atoms with E-state index < -0.39 is 0 Å². The van der Waals surface area contributed by atoms with Gasteiger partial charge in [0.25, 0.3) is 5.91 Å². The maximum absolute atomic E-state index is 12.6. The summed E-state index contributed by atoms with van der Waals surface area (Å²) in [6.45, 7) is 2.89. The Bertz CT molecular complexity index is 1250. The summed E-state index contributed by atoms with van der Waals surface area (Å²) in [5, 5.41) is 21.9. The Morgan fingerprint density at radius 3 is 2.53 bits per heavy atom. The molecule has 0 radical (unpaired) electrons. The van der Waals surface area contributed by atoms with Gasteiger partial charge in [-0.05, 0) is 48.9 Å². The van der Waals surface area contributed by atoms with Crippen LogP contribution in [-0.2, 0) is 7.05 Å². The lowest BCUT2D eigenvalue weighted by atomic mass is 10.1. The highest BCUT2D eigenvalue weighted by atomic mass is 16.5. The van der Waals surface area contributed by atoms with Gasteiger partial charge >= 0.3 is 0 Å². The molecule has 0 bridgehead atoms. The number of nitrogens with zero attached hydrogens (tertiary/aromatic N) is 5. The maximum Gasteiger partial charge on any atom is 0.269 e. The van der Waals surface area contributed by atoms with E-state index in [0.29, 0.717) is 41.9 Å². The van der Waals surface area contributed by atoms with E-state index >= 15 is 0 Å². The number of nitrogens with one attached hydrogen (secondary N) is 3. The highest BCUT2D eigenvalue weighted by Crippen LogP contribution is 2.23. The monoisotopic (exact) mass is 458 g/mol. The summed E-state index contributed by atoms with van der Waals surface area (Å²) in [5.41, 5.74) is 3.14. The van der Waals surface area contributed by atoms with E-state index in [9.17, 15) is 4.79 Å². The van der Waals surface area contributed by atoms with Crippen molar-refractivity contribution >= 4 is 23.4 Å². The zero-order valence-corrected chi connectivity index (χ0v) is 19.2. The first kappa shape index (κ1) is 22.7. The van der Waals surface area contributed by atoms with E-state index in [1.54, 1.807) is 31.1 Å². The summed E-state index contributed by atoms with van der Waals surface area (Å²) >= 11 is 0. The van der Waals surface area contributed by atoms with Crippen LogP contribution >= 0.6 is 0 Å². The fourth-order valence-electron chi connectivity index (χ4n) is 3.23. The van der Waals surface area contributed by atoms with E-state index in [1.807, 2.05) is 55.5 Å². The molecule has 0 saturated heterocycles. The van der Waals surface area contributed by atoms with Gasteiger partial charge in [-0.25, -0.2) is 4.98 Å². The number of pyridine rings is 1. The first-order valence-corrected chi connectivity index (χ1v) is 10.8. The Morgan fingerprint density at radius 2 is 1.79 bits per heavy atom. The van der Waals surface area contributed by atoms with Gasteiger partial charge in [-0.15, -0.1) is 10.2 Å². The normalized spacial score (nSPS) is 10.6. The molecule has 3 aromatic heterocycles. The number of hydrogen-bond acceptors (Lipinski definition) is 8. The van der Waals surface area contributed by atoms with Gasteiger partial charge in [-0.1, -0.05) is 18.2 Å². The van der Waals surface area contributed by atoms with E-state index in [4.69, 9.17) is 4.74 Å². The smallest absolute Gasteiger partial charge is 0.269 e. The number of benzene rings is 1. The molecule has 0 unspecified atom stereocenters. The van der Waals surface area contributed by atoms with Crippen LogP contribution in [0.1, 0.15) is 16.1 Å². The first-order valence-electron chi connectivity index (χ1n) is 10.8. The number of hydrogen-bond donors (Lipinski definition) is 3. The second-order valence-electron chi connectivity index (χ2n) is 7.60. The lowest BCUT2D eigenvalue weighted by Gasteiger charge is -2.08. The van der Waals surface area contributed by atoms with Gasteiger partial charge in [-0.2, -0.15) is 5.10 Å². The lowest BCUT2D eigenvalue weighted by Crippen LogP contribution is -2.30. The molecule has 174 valence electrons. The van der Waals surface area contributed by atoms with Crippen LogP contribution in [0.5, 0.6) is 5.75 Å². The summed E-state index contributed by atoms with van der Waals surface area (Å²) in [4.78, 5) is 16.9. The summed E-state index contributed by atoms with van der Waals surface area (Å²) in [5.74, 6) is 2.44. The van der Waals surface area contributed by atoms with Gasteiger partial charge in [0, 0.05) is 31.9 Å². The van der Waals surface area contributed by atoms with Crippen LogP contribution in [0.4, 0.5) is 17.5 Å². The van der Waals surface area contributed by atoms with Crippen molar-refractivity contribution in [2.45, 2.75) is 6.92 Å². The SMILES string of the molecule is COc1cccc(-c2cc(C(=O)NCCNc3ccc(Nc4ccc(C)cn4)nn3)n(C)n2)c1. The quantitative estimate of drug-likeness (QED) is 0.327. The van der Waals surface area contributed by atoms with Crippen LogP contribution in [0.2, 0.25) is 0 Å². The van der Waals surface area contributed by atoms with Crippen molar-refractivity contribution in [3.63, 3.8) is 0 Å². The molecule has 0 aliphatic rings. The number of aryl methyl sites for hydroxylation is 2. The Hall–Kier alpha value is -4.47. The number of amides is 1. The fraction of sp³-hybridized carbons (Fsp3) is 0.208. The fourth-order valence-corrected chi connectivity index (χ4v) is 3.23. The van der Waals surface area contributed by atoms with Crippen molar-refractivity contribution in [3.05, 3.63) is 72.1 Å². The molecule has 4 aromatic rings. The molecule has 4 rings (SSSR count). The number of ether oxygens (including phenoxy) is 1. The second kappa shape index (κ2) is 10.4. The number of rotatable bonds is 9. The highest BCUT2D eigenvalue weighted by molar-refractivity contribution is 5.93. The summed E-state index contributed by atoms with van der Waals surface area (Å²) in [6, 6.07) is 16.8. The third-order valence-electron chi connectivity index (χ3n) is 5.03. The van der Waals surface area contributed by atoms with Gasteiger partial charge in [-0.3, -0.25) is 9.48 Å². The number of methoxy groups -OCH3 is 1. The number of aromatic nitrogens is 5. The topological polar surface area (TPSA) is 119 Å². The predicted octanol–water partition coefficient (Wildman–Crippen LogP) is 3.17. The number of anilines is 3. The molecule has 0 aliphatic carbocycles. The standard InChI is InChI=1S/C24H26N8O2/c1-16-7-8-21(27-15-16)28-23-10-9-22(29-30-23)25-11-12-26-24(33)20-14-19(31-32(20)2)17-5-4-6-18(13-17)34-3/h4-10,13-15H,11-12H2,1-3H3,(H,25,29)(H,26,33)(H,27,28,30). The molecule has 0 fully saturated rings. The molecule has 0 saturated carbocycles. The van der Waals surface area contributed by atoms with Gasteiger partial charge in [0.2, 0.25) is 0 Å². The molecule has 3 N–H and O–H groups in total. The van der Waals surface area contributed by atoms with Crippen LogP contribution in [0.25, 0.3) is 11.3 Å². The molecule has 0 atom stereocenters. The molecule has 1 aromatic carbocycles. The Kier molecular flexibility index (Phi) is 6.97. The Labute approximate surface area is 197 Å². The predicted molar refractivity (Wildman–Crippen MR) is 130 cm³/mol. The van der Waals surface area contributed by atoms with Crippen molar-refractivity contribution < 1.29 is 9.53 Å². The summed E-state index contributed by atoms with van der Waals surface area (Å²) in [6.07, 6.45) is 1.78. The third kappa shape index (κ3) is 5.66. The molecular weight excluding hydrogens is 432 g/mol. The van der Waals surface area contributed by atoms with E-state index in [-0.39, 0.29) is 5.91 Å². The average Bonchev–Trinajstić information content (AvgIpc) is 3.26. The van der Waals surface area contributed by atoms with Crippen LogP contribution in [0, 0.1) is 6.92 Å². The second-order valence-corrected chi connectivity index (χ2v) is 7.60. The lowest BCUT2D eigenvalue weighted by molar-refractivity contribution is 0.0946. The molecule has 0 spiro atoms. The van der Waals surface area contributed by atoms with Gasteiger partial charge < -0.3 is 20.7 Å². The third-order valence-corrected chi connectivity index (χ3v) is 5.03. The van der Waals surface area contributed by atoms with Crippen LogP contribution in [0.15, 0.2) is 60.8 Å². The molecule has 34 heavy (non-hydrogen) atoms. The average molecular weight is 459 g/mol. The van der Waals surface area contributed by atoms with Crippen LogP contribution in [0.3, 0.4) is 0 Å². The minimum atomic E-state index is -0.206. The number of carbonyl (C=O) groups excluding carboxylic acids is 1. The number of carbonyl (C=O) groups is 1. The van der Waals surface area contributed by atoms with Gasteiger partial charge in [0.1, 0.15) is 23.1 Å². The van der Waals surface area contributed by atoms with Crippen LogP contribution in [-0.4, -0.2) is 51.1 Å². The first-order chi connectivity index (χ1) is 16.5. The maximum atomic E-state index is 12.6. The van der Waals surface area contributed by atoms with Crippen molar-refractivity contribution in [2.75, 3.05) is 30.8 Å². The molecule has 0 aliphatic heterocycles. The molecule has 3 heterocycles. The minimum Gasteiger partial charge on any atom is -0.497 e. The van der Waals surface area contributed by atoms with Gasteiger partial charge in [0.05, 0.1) is 12.8 Å². The van der Waals surface area contributed by atoms with Crippen molar-refractivity contribution in [1.29, 1.82) is 0 Å². The summed E-state index contributed by atoms with van der Waals surface area (Å²) < 4.78 is 6.83. The molecular formula is C24H26N8O2.